The molecular weight excluding hydrogens is 390 g/mol. The van der Waals surface area contributed by atoms with Crippen LogP contribution in [0.4, 0.5) is 0 Å². The summed E-state index contributed by atoms with van der Waals surface area (Å²) in [4.78, 5) is 40.6. The van der Waals surface area contributed by atoms with Crippen LogP contribution in [0, 0.1) is 12.3 Å². The van der Waals surface area contributed by atoms with Crippen molar-refractivity contribution in [1.29, 1.82) is 0 Å². The topological polar surface area (TPSA) is 93.9 Å². The number of Topliss-reactive ketones (excluding diaryl/α,β-unsaturated/α-hetero) is 1. The number of fused-ring (bicyclic) bond motifs is 2. The number of likely N-dealkylation sites (tertiary alicyclic amines) is 1. The minimum atomic E-state index is -0.143. The molecule has 0 aromatic carbocycles. The van der Waals surface area contributed by atoms with Crippen LogP contribution in [-0.2, 0) is 11.3 Å². The third-order valence-electron chi connectivity index (χ3n) is 6.83. The van der Waals surface area contributed by atoms with Gasteiger partial charge in [-0.2, -0.15) is 5.10 Å². The molecule has 156 valence electrons. The highest BCUT2D eigenvalue weighted by atomic mass is 16.2. The van der Waals surface area contributed by atoms with Crippen molar-refractivity contribution in [2.24, 2.45) is 5.41 Å². The molecular formula is C21H24B2N6O2. The first-order valence-electron chi connectivity index (χ1n) is 10.8. The molecule has 1 saturated heterocycles. The average molecular weight is 414 g/mol. The van der Waals surface area contributed by atoms with Gasteiger partial charge in [0.15, 0.2) is 5.78 Å². The van der Waals surface area contributed by atoms with Gasteiger partial charge in [0.05, 0.1) is 25.1 Å². The number of carbonyl (C=O) groups excluding carboxylic acids is 2. The van der Waals surface area contributed by atoms with Gasteiger partial charge in [0.2, 0.25) is 5.91 Å². The van der Waals surface area contributed by atoms with Gasteiger partial charge in [-0.1, -0.05) is 6.92 Å². The molecule has 3 aromatic heterocycles. The van der Waals surface area contributed by atoms with Gasteiger partial charge in [-0.05, 0) is 37.2 Å². The predicted octanol–water partition coefficient (Wildman–Crippen LogP) is 0.721. The molecule has 0 N–H and O–H groups in total. The fraction of sp³-hybridized carbons (Fsp3) is 0.429. The molecule has 3 aromatic rings. The van der Waals surface area contributed by atoms with E-state index in [0.29, 0.717) is 34.2 Å². The fourth-order valence-electron chi connectivity index (χ4n) is 4.99. The lowest BCUT2D eigenvalue weighted by Crippen LogP contribution is -2.43. The summed E-state index contributed by atoms with van der Waals surface area (Å²) in [7, 11) is 3.09. The van der Waals surface area contributed by atoms with Crippen molar-refractivity contribution in [2.45, 2.75) is 52.1 Å². The van der Waals surface area contributed by atoms with E-state index in [1.807, 2.05) is 13.0 Å². The molecule has 0 radical (unpaired) electrons. The zero-order valence-corrected chi connectivity index (χ0v) is 18.3. The molecule has 0 bridgehead atoms. The number of rotatable bonds is 5. The van der Waals surface area contributed by atoms with E-state index in [9.17, 15) is 9.59 Å². The number of nitrogens with zero attached hydrogens (tertiary/aromatic N) is 6. The molecule has 1 aliphatic carbocycles. The van der Waals surface area contributed by atoms with Crippen LogP contribution in [0.2, 0.25) is 0 Å². The number of pyridine rings is 1. The maximum atomic E-state index is 13.2. The van der Waals surface area contributed by atoms with Gasteiger partial charge in [-0.15, -0.1) is 0 Å². The van der Waals surface area contributed by atoms with E-state index in [1.54, 1.807) is 23.3 Å². The second-order valence-electron chi connectivity index (χ2n) is 9.11. The van der Waals surface area contributed by atoms with Crippen molar-refractivity contribution in [3.63, 3.8) is 0 Å². The Morgan fingerprint density at radius 3 is 2.65 bits per heavy atom. The van der Waals surface area contributed by atoms with Gasteiger partial charge in [-0.25, -0.2) is 9.97 Å². The fourth-order valence-corrected chi connectivity index (χ4v) is 4.99. The normalized spacial score (nSPS) is 24.3. The van der Waals surface area contributed by atoms with Gasteiger partial charge in [-0.3, -0.25) is 19.3 Å². The Kier molecular flexibility index (Phi) is 4.50. The number of aryl methyl sites for hydroxylation is 1. The lowest BCUT2D eigenvalue weighted by atomic mass is 9.49. The summed E-state index contributed by atoms with van der Waals surface area (Å²) in [6.07, 6.45) is 7.25. The maximum Gasteiger partial charge on any atom is 0.244 e. The van der Waals surface area contributed by atoms with Crippen LogP contribution in [0.1, 0.15) is 43.0 Å². The van der Waals surface area contributed by atoms with E-state index in [1.165, 1.54) is 6.92 Å². The molecule has 2 fully saturated rings. The van der Waals surface area contributed by atoms with Gasteiger partial charge in [0.1, 0.15) is 25.2 Å². The van der Waals surface area contributed by atoms with Crippen LogP contribution in [0.3, 0.4) is 0 Å². The Morgan fingerprint density at radius 2 is 1.97 bits per heavy atom. The zero-order chi connectivity index (χ0) is 21.9. The van der Waals surface area contributed by atoms with Crippen LogP contribution >= 0.6 is 0 Å². The quantitative estimate of drug-likeness (QED) is 0.451. The van der Waals surface area contributed by atoms with Gasteiger partial charge in [0, 0.05) is 36.3 Å². The Labute approximate surface area is 182 Å². The number of aromatic nitrogens is 5. The number of carbonyl (C=O) groups is 2. The predicted molar refractivity (Wildman–Crippen MR) is 121 cm³/mol. The second-order valence-corrected chi connectivity index (χ2v) is 9.11. The summed E-state index contributed by atoms with van der Waals surface area (Å²) in [6.45, 7) is 5.70. The highest BCUT2D eigenvalue weighted by molar-refractivity contribution is 6.90. The highest BCUT2D eigenvalue weighted by Gasteiger charge is 2.61. The Hall–Kier alpha value is -3.03. The molecule has 0 unspecified atom stereocenters. The van der Waals surface area contributed by atoms with Crippen molar-refractivity contribution in [3.05, 3.63) is 36.2 Å². The number of amides is 1. The molecule has 1 amide bonds. The summed E-state index contributed by atoms with van der Waals surface area (Å²) < 4.78 is 1.63. The summed E-state index contributed by atoms with van der Waals surface area (Å²) in [5.74, 6) is 0.890. The van der Waals surface area contributed by atoms with Crippen molar-refractivity contribution < 1.29 is 9.59 Å². The molecule has 4 heterocycles. The first-order chi connectivity index (χ1) is 14.8. The van der Waals surface area contributed by atoms with E-state index in [-0.39, 0.29) is 29.6 Å². The van der Waals surface area contributed by atoms with E-state index >= 15 is 0 Å². The van der Waals surface area contributed by atoms with Crippen molar-refractivity contribution in [3.8, 4) is 11.3 Å². The Morgan fingerprint density at radius 1 is 1.23 bits per heavy atom. The first kappa shape index (κ1) is 19.9. The summed E-state index contributed by atoms with van der Waals surface area (Å²) in [6, 6.07) is 2.17. The van der Waals surface area contributed by atoms with Crippen LogP contribution in [0.15, 0.2) is 24.7 Å². The molecule has 1 saturated carbocycles. The van der Waals surface area contributed by atoms with Crippen LogP contribution in [-0.4, -0.2) is 68.2 Å². The second kappa shape index (κ2) is 7.00. The SMILES string of the molecule is BB[C@@H]1C[C@@]2(C)C[C@H]2N1C(=O)Cn1nc(C(C)=O)c2cc(-c3cnc(C)nc3)ncc21. The molecule has 0 spiro atoms. The molecule has 31 heavy (non-hydrogen) atoms. The van der Waals surface area contributed by atoms with Crippen molar-refractivity contribution in [2.75, 3.05) is 0 Å². The number of ketones is 1. The largest absolute Gasteiger partial charge is 0.343 e. The zero-order valence-electron chi connectivity index (χ0n) is 18.3. The van der Waals surface area contributed by atoms with Crippen molar-refractivity contribution >= 4 is 37.5 Å². The number of piperidine rings is 1. The minimum Gasteiger partial charge on any atom is -0.343 e. The van der Waals surface area contributed by atoms with Crippen molar-refractivity contribution in [1.82, 2.24) is 29.6 Å². The van der Waals surface area contributed by atoms with Gasteiger partial charge in [0.25, 0.3) is 0 Å². The molecule has 3 atom stereocenters. The van der Waals surface area contributed by atoms with Gasteiger partial charge >= 0.3 is 0 Å². The third-order valence-corrected chi connectivity index (χ3v) is 6.83. The molecule has 5 rings (SSSR count). The van der Waals surface area contributed by atoms with E-state index in [4.69, 9.17) is 0 Å². The average Bonchev–Trinajstić information content (AvgIpc) is 3.12. The van der Waals surface area contributed by atoms with Gasteiger partial charge < -0.3 is 4.90 Å². The third kappa shape index (κ3) is 3.25. The van der Waals surface area contributed by atoms with E-state index < -0.39 is 0 Å². The molecule has 8 nitrogen and oxygen atoms in total. The summed E-state index contributed by atoms with van der Waals surface area (Å²) in [5, 5.41) is 5.19. The van der Waals surface area contributed by atoms with E-state index in [0.717, 1.165) is 25.6 Å². The number of hydrogen-bond donors (Lipinski definition) is 0. The molecule has 2 aliphatic rings. The summed E-state index contributed by atoms with van der Waals surface area (Å²) in [5.41, 5.74) is 2.74. The maximum absolute atomic E-state index is 13.2. The minimum absolute atomic E-state index is 0.0635. The molecule has 1 aliphatic heterocycles. The Balaban J connectivity index is 1.50. The number of hydrogen-bond acceptors (Lipinski definition) is 6. The van der Waals surface area contributed by atoms with Crippen LogP contribution < -0.4 is 0 Å². The lowest BCUT2D eigenvalue weighted by molar-refractivity contribution is -0.132. The smallest absolute Gasteiger partial charge is 0.244 e. The molecule has 10 heteroatoms. The highest BCUT2D eigenvalue weighted by Crippen LogP contribution is 2.58. The lowest BCUT2D eigenvalue weighted by Gasteiger charge is -2.26. The van der Waals surface area contributed by atoms with E-state index in [2.05, 4.69) is 39.6 Å². The van der Waals surface area contributed by atoms with Crippen LogP contribution in [0.25, 0.3) is 22.2 Å². The van der Waals surface area contributed by atoms with Crippen LogP contribution in [0.5, 0.6) is 0 Å². The standard InChI is InChI=1S/C21H24B2N6O2/c1-11(30)20-14-4-15(13-7-24-12(2)25-8-13)26-9-16(14)28(27-20)10-19(31)29-17-5-21(17,3)6-18(29)23-22/h4,7-9,17-18,23H,5-6,10,22H2,1-3H3/t17-,18+,21-/m1/s1. The summed E-state index contributed by atoms with van der Waals surface area (Å²) >= 11 is 0. The Bertz CT molecular complexity index is 1210. The monoisotopic (exact) mass is 414 g/mol. The first-order valence-corrected chi connectivity index (χ1v) is 10.8.